The van der Waals surface area contributed by atoms with Crippen molar-refractivity contribution in [2.45, 2.75) is 38.6 Å². The van der Waals surface area contributed by atoms with Crippen LogP contribution in [0.3, 0.4) is 0 Å². The topological polar surface area (TPSA) is 62.3 Å². The number of thiophene rings is 1. The molecule has 1 aliphatic carbocycles. The predicted octanol–water partition coefficient (Wildman–Crippen LogP) is 2.85. The summed E-state index contributed by atoms with van der Waals surface area (Å²) in [6.45, 7) is 3.22. The van der Waals surface area contributed by atoms with Crippen LogP contribution >= 0.6 is 22.7 Å². The van der Waals surface area contributed by atoms with Crippen LogP contribution in [0, 0.1) is 12.8 Å². The van der Waals surface area contributed by atoms with Gasteiger partial charge in [0, 0.05) is 35.8 Å². The Morgan fingerprint density at radius 3 is 2.96 bits per heavy atom. The normalized spacial score (nSPS) is 20.3. The molecule has 3 heterocycles. The molecule has 0 spiro atoms. The Kier molecular flexibility index (Phi) is 4.60. The Morgan fingerprint density at radius 1 is 1.40 bits per heavy atom. The Hall–Kier alpha value is -1.73. The molecule has 1 N–H and O–H groups in total. The van der Waals surface area contributed by atoms with E-state index in [4.69, 9.17) is 0 Å². The van der Waals surface area contributed by atoms with Crippen LogP contribution in [0.5, 0.6) is 0 Å². The largest absolute Gasteiger partial charge is 0.355 e. The SMILES string of the molecule is Cc1nc(-c2ccc(CCNC(=O)C3CC(=O)N(C4CC4)C3)s2)cs1. The van der Waals surface area contributed by atoms with E-state index in [1.54, 1.807) is 22.7 Å². The van der Waals surface area contributed by atoms with Crippen molar-refractivity contribution in [3.05, 3.63) is 27.4 Å². The van der Waals surface area contributed by atoms with Gasteiger partial charge in [0.15, 0.2) is 0 Å². The summed E-state index contributed by atoms with van der Waals surface area (Å²) in [6, 6.07) is 4.61. The number of aryl methyl sites for hydroxylation is 1. The van der Waals surface area contributed by atoms with Gasteiger partial charge in [0.25, 0.3) is 0 Å². The van der Waals surface area contributed by atoms with Crippen molar-refractivity contribution < 1.29 is 9.59 Å². The Morgan fingerprint density at radius 2 is 2.24 bits per heavy atom. The summed E-state index contributed by atoms with van der Waals surface area (Å²) in [5.41, 5.74) is 1.03. The lowest BCUT2D eigenvalue weighted by Gasteiger charge is -2.15. The highest BCUT2D eigenvalue weighted by atomic mass is 32.1. The molecule has 1 saturated carbocycles. The maximum atomic E-state index is 12.3. The molecule has 0 bridgehead atoms. The van der Waals surface area contributed by atoms with E-state index in [2.05, 4.69) is 27.8 Å². The third-order valence-corrected chi connectivity index (χ3v) is 6.66. The summed E-state index contributed by atoms with van der Waals surface area (Å²) in [7, 11) is 0. The number of thiazole rings is 1. The van der Waals surface area contributed by atoms with Crippen LogP contribution in [0.4, 0.5) is 0 Å². The van der Waals surface area contributed by atoms with Gasteiger partial charge >= 0.3 is 0 Å². The standard InChI is InChI=1S/C18H21N3O2S2/c1-11-20-15(10-24-11)16-5-4-14(25-16)6-7-19-18(23)12-8-17(22)21(9-12)13-2-3-13/h4-5,10,12-13H,2-3,6-9H2,1H3,(H,19,23). The average molecular weight is 376 g/mol. The first-order valence-electron chi connectivity index (χ1n) is 8.68. The van der Waals surface area contributed by atoms with Gasteiger partial charge in [0.1, 0.15) is 0 Å². The number of rotatable bonds is 6. The van der Waals surface area contributed by atoms with Crippen molar-refractivity contribution >= 4 is 34.5 Å². The van der Waals surface area contributed by atoms with Crippen LogP contribution < -0.4 is 5.32 Å². The second kappa shape index (κ2) is 6.88. The molecule has 1 atom stereocenters. The number of carbonyl (C=O) groups excluding carboxylic acids is 2. The van der Waals surface area contributed by atoms with Crippen molar-refractivity contribution in [2.24, 2.45) is 5.92 Å². The molecule has 5 nitrogen and oxygen atoms in total. The number of carbonyl (C=O) groups is 2. The summed E-state index contributed by atoms with van der Waals surface area (Å²) >= 11 is 3.38. The highest BCUT2D eigenvalue weighted by Gasteiger charge is 2.41. The van der Waals surface area contributed by atoms with Crippen LogP contribution in [0.25, 0.3) is 10.6 Å². The number of hydrogen-bond acceptors (Lipinski definition) is 5. The van der Waals surface area contributed by atoms with E-state index >= 15 is 0 Å². The molecule has 1 saturated heterocycles. The molecule has 0 aromatic carbocycles. The lowest BCUT2D eigenvalue weighted by molar-refractivity contribution is -0.129. The Bertz CT molecular complexity index is 794. The third kappa shape index (κ3) is 3.77. The number of nitrogens with zero attached hydrogens (tertiary/aromatic N) is 2. The average Bonchev–Trinajstić information content (AvgIpc) is 2.98. The van der Waals surface area contributed by atoms with Crippen molar-refractivity contribution in [1.29, 1.82) is 0 Å². The summed E-state index contributed by atoms with van der Waals surface area (Å²) in [4.78, 5) is 33.1. The second-order valence-electron chi connectivity index (χ2n) is 6.74. The molecule has 4 rings (SSSR count). The number of likely N-dealkylation sites (tertiary alicyclic amines) is 1. The van der Waals surface area contributed by atoms with Gasteiger partial charge in [-0.2, -0.15) is 0 Å². The first kappa shape index (κ1) is 16.7. The zero-order valence-electron chi connectivity index (χ0n) is 14.2. The molecule has 1 aliphatic heterocycles. The van der Waals surface area contributed by atoms with Crippen molar-refractivity contribution in [2.75, 3.05) is 13.1 Å². The number of nitrogens with one attached hydrogen (secondary N) is 1. The molecule has 1 unspecified atom stereocenters. The first-order chi connectivity index (χ1) is 12.1. The summed E-state index contributed by atoms with van der Waals surface area (Å²) in [6.07, 6.45) is 3.37. The zero-order valence-corrected chi connectivity index (χ0v) is 15.8. The van der Waals surface area contributed by atoms with E-state index in [1.807, 2.05) is 11.8 Å². The maximum absolute atomic E-state index is 12.3. The second-order valence-corrected chi connectivity index (χ2v) is 8.97. The van der Waals surface area contributed by atoms with Crippen LogP contribution in [-0.2, 0) is 16.0 Å². The lowest BCUT2D eigenvalue weighted by atomic mass is 10.1. The van der Waals surface area contributed by atoms with Gasteiger partial charge in [-0.3, -0.25) is 9.59 Å². The van der Waals surface area contributed by atoms with Crippen molar-refractivity contribution in [3.63, 3.8) is 0 Å². The monoisotopic (exact) mass is 375 g/mol. The van der Waals surface area contributed by atoms with E-state index in [9.17, 15) is 9.59 Å². The van der Waals surface area contributed by atoms with E-state index < -0.39 is 0 Å². The van der Waals surface area contributed by atoms with Crippen LogP contribution in [0.1, 0.15) is 29.1 Å². The van der Waals surface area contributed by atoms with Gasteiger partial charge in [-0.05, 0) is 38.3 Å². The molecule has 7 heteroatoms. The summed E-state index contributed by atoms with van der Waals surface area (Å²) < 4.78 is 0. The minimum absolute atomic E-state index is 0.0170. The van der Waals surface area contributed by atoms with Gasteiger partial charge < -0.3 is 10.2 Å². The van der Waals surface area contributed by atoms with E-state index in [-0.39, 0.29) is 17.7 Å². The summed E-state index contributed by atoms with van der Waals surface area (Å²) in [5.74, 6) is -0.0162. The van der Waals surface area contributed by atoms with Crippen LogP contribution in [-0.4, -0.2) is 40.8 Å². The van der Waals surface area contributed by atoms with Gasteiger partial charge in [-0.25, -0.2) is 4.98 Å². The Labute approximate surface area is 155 Å². The van der Waals surface area contributed by atoms with E-state index in [1.165, 1.54) is 9.75 Å². The quantitative estimate of drug-likeness (QED) is 0.844. The lowest BCUT2D eigenvalue weighted by Crippen LogP contribution is -2.34. The van der Waals surface area contributed by atoms with E-state index in [0.29, 0.717) is 25.6 Å². The number of hydrogen-bond donors (Lipinski definition) is 1. The molecule has 2 aromatic heterocycles. The molecule has 2 aromatic rings. The highest BCUT2D eigenvalue weighted by molar-refractivity contribution is 7.16. The van der Waals surface area contributed by atoms with Crippen molar-refractivity contribution in [3.8, 4) is 10.6 Å². The fraction of sp³-hybridized carbons (Fsp3) is 0.500. The predicted molar refractivity (Wildman–Crippen MR) is 99.7 cm³/mol. The molecule has 2 amide bonds. The Balaban J connectivity index is 1.26. The van der Waals surface area contributed by atoms with Gasteiger partial charge in [-0.1, -0.05) is 0 Å². The minimum atomic E-state index is -0.176. The highest BCUT2D eigenvalue weighted by Crippen LogP contribution is 2.32. The third-order valence-electron chi connectivity index (χ3n) is 4.72. The fourth-order valence-corrected chi connectivity index (χ4v) is 4.88. The van der Waals surface area contributed by atoms with Gasteiger partial charge in [-0.15, -0.1) is 22.7 Å². The number of aromatic nitrogens is 1. The maximum Gasteiger partial charge on any atom is 0.225 e. The fourth-order valence-electron chi connectivity index (χ4n) is 3.23. The molecule has 2 aliphatic rings. The molecule has 25 heavy (non-hydrogen) atoms. The molecular weight excluding hydrogens is 354 g/mol. The van der Waals surface area contributed by atoms with Crippen LogP contribution in [0.2, 0.25) is 0 Å². The van der Waals surface area contributed by atoms with Gasteiger partial charge in [0.05, 0.1) is 21.5 Å². The number of amides is 2. The van der Waals surface area contributed by atoms with Gasteiger partial charge in [0.2, 0.25) is 11.8 Å². The summed E-state index contributed by atoms with van der Waals surface area (Å²) in [5, 5.41) is 6.15. The smallest absolute Gasteiger partial charge is 0.225 e. The molecule has 0 radical (unpaired) electrons. The minimum Gasteiger partial charge on any atom is -0.355 e. The molecule has 132 valence electrons. The molecular formula is C18H21N3O2S2. The first-order valence-corrected chi connectivity index (χ1v) is 10.4. The zero-order chi connectivity index (χ0) is 17.4. The van der Waals surface area contributed by atoms with E-state index in [0.717, 1.165) is 30.0 Å². The molecule has 2 fully saturated rings. The van der Waals surface area contributed by atoms with Crippen molar-refractivity contribution in [1.82, 2.24) is 15.2 Å². The van der Waals surface area contributed by atoms with Crippen LogP contribution in [0.15, 0.2) is 17.5 Å².